The van der Waals surface area contributed by atoms with Crippen molar-refractivity contribution in [1.29, 1.82) is 0 Å². The normalized spacial score (nSPS) is 33.9. The molecule has 0 N–H and O–H groups in total. The Bertz CT molecular complexity index is 925. The van der Waals surface area contributed by atoms with Crippen molar-refractivity contribution in [3.05, 3.63) is 59.2 Å². The molecule has 0 amide bonds. The number of fused-ring (bicyclic) bond motifs is 3. The summed E-state index contributed by atoms with van der Waals surface area (Å²) in [4.78, 5) is 27.7. The lowest BCUT2D eigenvalue weighted by Crippen LogP contribution is -2.43. The summed E-state index contributed by atoms with van der Waals surface area (Å²) in [6.07, 6.45) is 9.01. The van der Waals surface area contributed by atoms with E-state index in [1.165, 1.54) is 18.4 Å². The molecular weight excluding hydrogens is 386 g/mol. The number of benzene rings is 1. The molecule has 2 saturated heterocycles. The Hall–Kier alpha value is -2.20. The third-order valence-corrected chi connectivity index (χ3v) is 8.25. The quantitative estimate of drug-likeness (QED) is 0.681. The van der Waals surface area contributed by atoms with Crippen LogP contribution in [0.25, 0.3) is 0 Å². The van der Waals surface area contributed by atoms with E-state index in [0.29, 0.717) is 0 Å². The third-order valence-electron chi connectivity index (χ3n) is 8.25. The molecule has 2 heterocycles. The van der Waals surface area contributed by atoms with Crippen molar-refractivity contribution in [2.45, 2.75) is 52.1 Å². The number of ketones is 1. The van der Waals surface area contributed by atoms with Crippen molar-refractivity contribution in [2.75, 3.05) is 19.6 Å². The number of likely N-dealkylation sites (tertiary alicyclic amines) is 1. The fourth-order valence-corrected chi connectivity index (χ4v) is 6.38. The molecule has 4 nitrogen and oxygen atoms in total. The average molecular weight is 420 g/mol. The number of carbonyl (C=O) groups excluding carboxylic acids is 2. The summed E-state index contributed by atoms with van der Waals surface area (Å²) in [5, 5.41) is 0. The van der Waals surface area contributed by atoms with Crippen molar-refractivity contribution < 1.29 is 14.3 Å². The minimum absolute atomic E-state index is 0.0621. The standard InChI is InChI=1S/C27H33NO3/c1-18-23(29)9-13-27(2)12-8-21-22(26(30)31-25(21)24(18)27)17-28-14-10-20(11-15-28)16-19-6-4-3-5-7-19/h3-7,9,13,20-22,25H,8,10-12,14-17H2,1-2H3. The Kier molecular flexibility index (Phi) is 5.37. The summed E-state index contributed by atoms with van der Waals surface area (Å²) in [6.45, 7) is 6.99. The van der Waals surface area contributed by atoms with Gasteiger partial charge in [-0.3, -0.25) is 9.59 Å². The summed E-state index contributed by atoms with van der Waals surface area (Å²) in [7, 11) is 0. The molecule has 1 aromatic rings. The predicted octanol–water partition coefficient (Wildman–Crippen LogP) is 4.35. The van der Waals surface area contributed by atoms with Gasteiger partial charge in [-0.05, 0) is 75.2 Å². The van der Waals surface area contributed by atoms with Crippen LogP contribution in [-0.2, 0) is 20.7 Å². The monoisotopic (exact) mass is 419 g/mol. The molecule has 0 bridgehead atoms. The van der Waals surface area contributed by atoms with Crippen LogP contribution in [0.4, 0.5) is 0 Å². The molecule has 4 unspecified atom stereocenters. The lowest BCUT2D eigenvalue weighted by molar-refractivity contribution is -0.144. The Morgan fingerprint density at radius 1 is 1.10 bits per heavy atom. The smallest absolute Gasteiger partial charge is 0.311 e. The molecule has 1 aromatic carbocycles. The van der Waals surface area contributed by atoms with E-state index in [1.54, 1.807) is 6.08 Å². The first kappa shape index (κ1) is 20.7. The molecule has 164 valence electrons. The molecular formula is C27H33NO3. The zero-order valence-electron chi connectivity index (χ0n) is 18.7. The zero-order chi connectivity index (χ0) is 21.6. The molecule has 3 fully saturated rings. The summed E-state index contributed by atoms with van der Waals surface area (Å²) >= 11 is 0. The van der Waals surface area contributed by atoms with Crippen molar-refractivity contribution in [2.24, 2.45) is 23.2 Å². The Morgan fingerprint density at radius 3 is 2.58 bits per heavy atom. The van der Waals surface area contributed by atoms with Crippen LogP contribution in [0.2, 0.25) is 0 Å². The van der Waals surface area contributed by atoms with Crippen molar-refractivity contribution >= 4 is 11.8 Å². The van der Waals surface area contributed by atoms with Crippen LogP contribution >= 0.6 is 0 Å². The first-order valence-corrected chi connectivity index (χ1v) is 11.9. The van der Waals surface area contributed by atoms with Crippen molar-refractivity contribution in [3.63, 3.8) is 0 Å². The van der Waals surface area contributed by atoms with E-state index in [2.05, 4.69) is 42.2 Å². The molecule has 1 saturated carbocycles. The van der Waals surface area contributed by atoms with Crippen LogP contribution in [0.15, 0.2) is 53.6 Å². The van der Waals surface area contributed by atoms with E-state index in [1.807, 2.05) is 13.0 Å². The van der Waals surface area contributed by atoms with E-state index >= 15 is 0 Å². The molecule has 4 aliphatic rings. The lowest BCUT2D eigenvalue weighted by Gasteiger charge is -2.43. The zero-order valence-corrected chi connectivity index (χ0v) is 18.7. The van der Waals surface area contributed by atoms with Gasteiger partial charge in [0.1, 0.15) is 6.10 Å². The maximum absolute atomic E-state index is 12.9. The number of piperidine rings is 1. The first-order chi connectivity index (χ1) is 14.9. The fraction of sp³-hybridized carbons (Fsp3) is 0.556. The Morgan fingerprint density at radius 2 is 1.84 bits per heavy atom. The largest absolute Gasteiger partial charge is 0.457 e. The highest BCUT2D eigenvalue weighted by molar-refractivity contribution is 6.05. The molecule has 0 aromatic heterocycles. The van der Waals surface area contributed by atoms with Crippen LogP contribution in [0.3, 0.4) is 0 Å². The molecule has 0 spiro atoms. The molecule has 2 aliphatic carbocycles. The van der Waals surface area contributed by atoms with Crippen molar-refractivity contribution in [3.8, 4) is 0 Å². The van der Waals surface area contributed by atoms with Crippen LogP contribution in [-0.4, -0.2) is 42.4 Å². The maximum atomic E-state index is 12.9. The number of ether oxygens (including phenoxy) is 1. The van der Waals surface area contributed by atoms with E-state index in [9.17, 15) is 9.59 Å². The van der Waals surface area contributed by atoms with Gasteiger partial charge in [0, 0.05) is 23.5 Å². The SMILES string of the molecule is CC1=C2C3OC(=O)C(CN4CCC(Cc5ccccc5)CC4)C3CCC2(C)C=CC1=O. The minimum Gasteiger partial charge on any atom is -0.457 e. The molecule has 2 aliphatic heterocycles. The van der Waals surface area contributed by atoms with Gasteiger partial charge in [0.15, 0.2) is 5.78 Å². The summed E-state index contributed by atoms with van der Waals surface area (Å²) in [6, 6.07) is 10.8. The van der Waals surface area contributed by atoms with Crippen LogP contribution in [0.1, 0.15) is 45.1 Å². The minimum atomic E-state index is -0.222. The van der Waals surface area contributed by atoms with Gasteiger partial charge >= 0.3 is 5.97 Å². The van der Waals surface area contributed by atoms with Gasteiger partial charge in [0.05, 0.1) is 5.92 Å². The van der Waals surface area contributed by atoms with Crippen molar-refractivity contribution in [1.82, 2.24) is 4.90 Å². The Balaban J connectivity index is 1.23. The van der Waals surface area contributed by atoms with Gasteiger partial charge in [0.2, 0.25) is 0 Å². The summed E-state index contributed by atoms with van der Waals surface area (Å²) in [5.41, 5.74) is 3.13. The van der Waals surface area contributed by atoms with Crippen LogP contribution < -0.4 is 0 Å². The lowest BCUT2D eigenvalue weighted by atomic mass is 9.61. The van der Waals surface area contributed by atoms with Gasteiger partial charge in [-0.2, -0.15) is 0 Å². The number of esters is 1. The topological polar surface area (TPSA) is 46.6 Å². The number of hydrogen-bond acceptors (Lipinski definition) is 4. The van der Waals surface area contributed by atoms with E-state index in [0.717, 1.165) is 56.0 Å². The number of rotatable bonds is 4. The predicted molar refractivity (Wildman–Crippen MR) is 120 cm³/mol. The van der Waals surface area contributed by atoms with Gasteiger partial charge in [0.25, 0.3) is 0 Å². The highest BCUT2D eigenvalue weighted by Crippen LogP contribution is 2.53. The van der Waals surface area contributed by atoms with Gasteiger partial charge < -0.3 is 9.64 Å². The highest BCUT2D eigenvalue weighted by Gasteiger charge is 2.54. The number of hydrogen-bond donors (Lipinski definition) is 0. The molecule has 0 radical (unpaired) electrons. The van der Waals surface area contributed by atoms with Gasteiger partial charge in [-0.15, -0.1) is 0 Å². The second-order valence-corrected chi connectivity index (χ2v) is 10.3. The summed E-state index contributed by atoms with van der Waals surface area (Å²) < 4.78 is 5.96. The second-order valence-electron chi connectivity index (χ2n) is 10.3. The van der Waals surface area contributed by atoms with E-state index in [4.69, 9.17) is 4.74 Å². The molecule has 4 heteroatoms. The summed E-state index contributed by atoms with van der Waals surface area (Å²) in [5.74, 6) is 0.861. The number of carbonyl (C=O) groups is 2. The van der Waals surface area contributed by atoms with Crippen LogP contribution in [0, 0.1) is 23.2 Å². The van der Waals surface area contributed by atoms with Gasteiger partial charge in [-0.25, -0.2) is 0 Å². The van der Waals surface area contributed by atoms with Crippen LogP contribution in [0.5, 0.6) is 0 Å². The second kappa shape index (κ2) is 8.05. The first-order valence-electron chi connectivity index (χ1n) is 11.9. The Labute approximate surface area is 185 Å². The maximum Gasteiger partial charge on any atom is 0.311 e. The average Bonchev–Trinajstić information content (AvgIpc) is 3.08. The van der Waals surface area contributed by atoms with Gasteiger partial charge in [-0.1, -0.05) is 43.3 Å². The fourth-order valence-electron chi connectivity index (χ4n) is 6.38. The number of allylic oxidation sites excluding steroid dienone is 3. The molecule has 31 heavy (non-hydrogen) atoms. The molecule has 4 atom stereocenters. The highest BCUT2D eigenvalue weighted by atomic mass is 16.6. The molecule has 5 rings (SSSR count). The van der Waals surface area contributed by atoms with E-state index in [-0.39, 0.29) is 35.1 Å². The van der Waals surface area contributed by atoms with E-state index < -0.39 is 0 Å². The number of nitrogens with zero attached hydrogens (tertiary/aromatic N) is 1. The third kappa shape index (κ3) is 3.80.